The number of nitriles is 2. The highest BCUT2D eigenvalue weighted by molar-refractivity contribution is 6.11. The van der Waals surface area contributed by atoms with Gasteiger partial charge in [-0.2, -0.15) is 10.5 Å². The summed E-state index contributed by atoms with van der Waals surface area (Å²) >= 11 is 0. The summed E-state index contributed by atoms with van der Waals surface area (Å²) in [6.45, 7) is 0. The highest BCUT2D eigenvalue weighted by Gasteiger charge is 2.15. The minimum atomic E-state index is 0.649. The molecule has 0 unspecified atom stereocenters. The fraction of sp³-hybridized carbons (Fsp3) is 0. The monoisotopic (exact) mass is 534 g/mol. The molecule has 0 saturated carbocycles. The standard InChI is InChI=1S/C38H22N4/c39-23-25-12-16-29(17-13-25)41-35-10-3-2-9-32(35)34-22-28(15-19-38(34)41)27-6-5-7-30(21-27)42-36-11-4-1-8-31(36)33-20-26(24-40)14-18-37(33)42/h1-22H. The van der Waals surface area contributed by atoms with Gasteiger partial charge >= 0.3 is 0 Å². The van der Waals surface area contributed by atoms with Crippen molar-refractivity contribution in [3.05, 3.63) is 145 Å². The van der Waals surface area contributed by atoms with Gasteiger partial charge in [0.2, 0.25) is 0 Å². The molecule has 6 aromatic carbocycles. The average Bonchev–Trinajstić information content (AvgIpc) is 3.57. The van der Waals surface area contributed by atoms with E-state index < -0.39 is 0 Å². The van der Waals surface area contributed by atoms with Gasteiger partial charge in [-0.05, 0) is 90.0 Å². The smallest absolute Gasteiger partial charge is 0.0991 e. The van der Waals surface area contributed by atoms with Crippen LogP contribution in [0, 0.1) is 22.7 Å². The maximum atomic E-state index is 9.51. The molecule has 2 heterocycles. The van der Waals surface area contributed by atoms with Gasteiger partial charge in [0, 0.05) is 32.9 Å². The molecule has 0 saturated heterocycles. The van der Waals surface area contributed by atoms with E-state index in [2.05, 4.69) is 106 Å². The van der Waals surface area contributed by atoms with Gasteiger partial charge in [0.25, 0.3) is 0 Å². The Kier molecular flexibility index (Phi) is 5.22. The highest BCUT2D eigenvalue weighted by atomic mass is 15.0. The van der Waals surface area contributed by atoms with Crippen LogP contribution in [0.15, 0.2) is 133 Å². The maximum Gasteiger partial charge on any atom is 0.0991 e. The van der Waals surface area contributed by atoms with Gasteiger partial charge in [-0.15, -0.1) is 0 Å². The molecule has 0 amide bonds. The average molecular weight is 535 g/mol. The van der Waals surface area contributed by atoms with E-state index in [1.54, 1.807) is 0 Å². The van der Waals surface area contributed by atoms with Crippen molar-refractivity contribution >= 4 is 43.6 Å². The molecule has 0 spiro atoms. The summed E-state index contributed by atoms with van der Waals surface area (Å²) in [7, 11) is 0. The first-order valence-corrected chi connectivity index (χ1v) is 13.8. The number of nitrogens with zero attached hydrogens (tertiary/aromatic N) is 4. The molecule has 4 heteroatoms. The number of para-hydroxylation sites is 2. The first-order valence-electron chi connectivity index (χ1n) is 13.8. The highest BCUT2D eigenvalue weighted by Crippen LogP contribution is 2.37. The minimum Gasteiger partial charge on any atom is -0.309 e. The SMILES string of the molecule is N#Cc1ccc(-n2c3ccccc3c3cc(-c4cccc(-n5c6ccccc6c6cc(C#N)ccc65)c4)ccc32)cc1. The molecule has 4 nitrogen and oxygen atoms in total. The second-order valence-corrected chi connectivity index (χ2v) is 10.5. The zero-order chi connectivity index (χ0) is 28.2. The largest absolute Gasteiger partial charge is 0.309 e. The van der Waals surface area contributed by atoms with Gasteiger partial charge in [0.1, 0.15) is 0 Å². The number of hydrogen-bond donors (Lipinski definition) is 0. The molecule has 0 radical (unpaired) electrons. The molecule has 42 heavy (non-hydrogen) atoms. The molecule has 194 valence electrons. The quantitative estimate of drug-likeness (QED) is 0.227. The zero-order valence-corrected chi connectivity index (χ0v) is 22.5. The third kappa shape index (κ3) is 3.53. The van der Waals surface area contributed by atoms with E-state index in [9.17, 15) is 10.5 Å². The number of rotatable bonds is 3. The van der Waals surface area contributed by atoms with Gasteiger partial charge in [0.15, 0.2) is 0 Å². The lowest BCUT2D eigenvalue weighted by Gasteiger charge is -2.11. The summed E-state index contributed by atoms with van der Waals surface area (Å²) in [5.41, 5.74) is 10.1. The van der Waals surface area contributed by atoms with Crippen LogP contribution in [0.2, 0.25) is 0 Å². The number of benzene rings is 6. The Bertz CT molecular complexity index is 2430. The fourth-order valence-electron chi connectivity index (χ4n) is 6.26. The fourth-order valence-corrected chi connectivity index (χ4v) is 6.26. The van der Waals surface area contributed by atoms with Crippen LogP contribution in [0.4, 0.5) is 0 Å². The molecule has 2 aromatic heterocycles. The Balaban J connectivity index is 1.31. The first kappa shape index (κ1) is 23.8. The van der Waals surface area contributed by atoms with E-state index in [1.807, 2.05) is 48.5 Å². The lowest BCUT2D eigenvalue weighted by atomic mass is 10.0. The lowest BCUT2D eigenvalue weighted by molar-refractivity contribution is 1.18. The van der Waals surface area contributed by atoms with Crippen molar-refractivity contribution in [2.45, 2.75) is 0 Å². The zero-order valence-electron chi connectivity index (χ0n) is 22.5. The Morgan fingerprint density at radius 3 is 1.62 bits per heavy atom. The van der Waals surface area contributed by atoms with Crippen LogP contribution >= 0.6 is 0 Å². The van der Waals surface area contributed by atoms with Crippen molar-refractivity contribution in [2.24, 2.45) is 0 Å². The Hall–Kier alpha value is -6.10. The van der Waals surface area contributed by atoms with Crippen LogP contribution in [0.5, 0.6) is 0 Å². The molecule has 8 aromatic rings. The van der Waals surface area contributed by atoms with Crippen LogP contribution < -0.4 is 0 Å². The van der Waals surface area contributed by atoms with Gasteiger partial charge < -0.3 is 9.13 Å². The van der Waals surface area contributed by atoms with Gasteiger partial charge in [-0.1, -0.05) is 54.6 Å². The number of aromatic nitrogens is 2. The van der Waals surface area contributed by atoms with Crippen molar-refractivity contribution in [3.63, 3.8) is 0 Å². The second kappa shape index (κ2) is 9.24. The van der Waals surface area contributed by atoms with E-state index in [4.69, 9.17) is 0 Å². The second-order valence-electron chi connectivity index (χ2n) is 10.5. The third-order valence-electron chi connectivity index (χ3n) is 8.17. The predicted octanol–water partition coefficient (Wildman–Crippen LogP) is 9.29. The van der Waals surface area contributed by atoms with Crippen LogP contribution in [-0.4, -0.2) is 9.13 Å². The van der Waals surface area contributed by atoms with Crippen molar-refractivity contribution in [2.75, 3.05) is 0 Å². The molecule has 0 fully saturated rings. The van der Waals surface area contributed by atoms with Crippen molar-refractivity contribution in [3.8, 4) is 34.6 Å². The van der Waals surface area contributed by atoms with E-state index in [1.165, 1.54) is 10.8 Å². The van der Waals surface area contributed by atoms with Gasteiger partial charge in [-0.3, -0.25) is 0 Å². The molecule has 0 N–H and O–H groups in total. The molecule has 0 aliphatic carbocycles. The Labute approximate surface area is 242 Å². The van der Waals surface area contributed by atoms with Crippen LogP contribution in [-0.2, 0) is 0 Å². The molecular formula is C38H22N4. The van der Waals surface area contributed by atoms with Crippen LogP contribution in [0.1, 0.15) is 11.1 Å². The summed E-state index contributed by atoms with van der Waals surface area (Å²) < 4.78 is 4.55. The number of fused-ring (bicyclic) bond motifs is 6. The van der Waals surface area contributed by atoms with E-state index in [0.717, 1.165) is 55.3 Å². The molecular weight excluding hydrogens is 512 g/mol. The summed E-state index contributed by atoms with van der Waals surface area (Å²) in [5.74, 6) is 0. The van der Waals surface area contributed by atoms with Crippen molar-refractivity contribution in [1.82, 2.24) is 9.13 Å². The molecule has 0 bridgehead atoms. The molecule has 0 atom stereocenters. The van der Waals surface area contributed by atoms with E-state index in [-0.39, 0.29) is 0 Å². The van der Waals surface area contributed by atoms with Crippen molar-refractivity contribution in [1.29, 1.82) is 10.5 Å². The third-order valence-corrected chi connectivity index (χ3v) is 8.17. The first-order chi connectivity index (χ1) is 20.7. The molecule has 0 aliphatic rings. The molecule has 0 aliphatic heterocycles. The minimum absolute atomic E-state index is 0.649. The van der Waals surface area contributed by atoms with Crippen LogP contribution in [0.25, 0.3) is 66.1 Å². The van der Waals surface area contributed by atoms with Crippen molar-refractivity contribution < 1.29 is 0 Å². The predicted molar refractivity (Wildman–Crippen MR) is 170 cm³/mol. The van der Waals surface area contributed by atoms with E-state index in [0.29, 0.717) is 11.1 Å². The summed E-state index contributed by atoms with van der Waals surface area (Å²) in [6, 6.07) is 50.3. The normalized spacial score (nSPS) is 11.3. The summed E-state index contributed by atoms with van der Waals surface area (Å²) in [6.07, 6.45) is 0. The maximum absolute atomic E-state index is 9.51. The summed E-state index contributed by atoms with van der Waals surface area (Å²) in [5, 5.41) is 23.4. The molecule has 8 rings (SSSR count). The summed E-state index contributed by atoms with van der Waals surface area (Å²) in [4.78, 5) is 0. The van der Waals surface area contributed by atoms with Crippen LogP contribution in [0.3, 0.4) is 0 Å². The topological polar surface area (TPSA) is 57.4 Å². The van der Waals surface area contributed by atoms with E-state index >= 15 is 0 Å². The Morgan fingerprint density at radius 1 is 0.381 bits per heavy atom. The lowest BCUT2D eigenvalue weighted by Crippen LogP contribution is -1.95. The Morgan fingerprint density at radius 2 is 0.929 bits per heavy atom. The number of hydrogen-bond acceptors (Lipinski definition) is 2. The van der Waals surface area contributed by atoms with Gasteiger partial charge in [-0.25, -0.2) is 0 Å². The van der Waals surface area contributed by atoms with Gasteiger partial charge in [0.05, 0.1) is 45.3 Å².